The predicted molar refractivity (Wildman–Crippen MR) is 114 cm³/mol. The first-order valence-electron chi connectivity index (χ1n) is 8.43. The molecular weight excluding hydrogens is 408 g/mol. The predicted octanol–water partition coefficient (Wildman–Crippen LogP) is 5.98. The third-order valence-corrected chi connectivity index (χ3v) is 5.39. The van der Waals surface area contributed by atoms with Crippen LogP contribution in [0.3, 0.4) is 0 Å². The lowest BCUT2D eigenvalue weighted by Gasteiger charge is -2.02. The number of nitrogens with zero attached hydrogens (tertiary/aromatic N) is 4. The van der Waals surface area contributed by atoms with Crippen LogP contribution < -0.4 is 0 Å². The molecule has 8 heteroatoms. The Morgan fingerprint density at radius 1 is 1.17 bits per heavy atom. The molecule has 0 amide bonds. The molecule has 0 bridgehead atoms. The van der Waals surface area contributed by atoms with Crippen molar-refractivity contribution in [2.45, 2.75) is 0 Å². The van der Waals surface area contributed by atoms with Crippen LogP contribution in [0.5, 0.6) is 0 Å². The summed E-state index contributed by atoms with van der Waals surface area (Å²) in [7, 11) is 0. The number of allylic oxidation sites excluding steroid dienone is 1. The van der Waals surface area contributed by atoms with Gasteiger partial charge in [0.05, 0.1) is 21.7 Å². The molecule has 0 saturated heterocycles. The van der Waals surface area contributed by atoms with E-state index in [1.54, 1.807) is 23.6 Å². The number of pyridine rings is 1. The summed E-state index contributed by atoms with van der Waals surface area (Å²) >= 11 is 7.58. The second-order valence-electron chi connectivity index (χ2n) is 6.08. The highest BCUT2D eigenvalue weighted by atomic mass is 35.5. The molecule has 4 aromatic rings. The Balaban J connectivity index is 1.73. The third-order valence-electron chi connectivity index (χ3n) is 4.21. The van der Waals surface area contributed by atoms with E-state index in [1.165, 1.54) is 23.5 Å². The molecule has 140 valence electrons. The van der Waals surface area contributed by atoms with E-state index in [4.69, 9.17) is 11.6 Å². The minimum atomic E-state index is -0.452. The summed E-state index contributed by atoms with van der Waals surface area (Å²) < 4.78 is 0. The van der Waals surface area contributed by atoms with E-state index in [2.05, 4.69) is 16.0 Å². The number of hydrogen-bond donors (Lipinski definition) is 0. The fraction of sp³-hybridized carbons (Fsp3) is 0. The zero-order chi connectivity index (χ0) is 20.4. The summed E-state index contributed by atoms with van der Waals surface area (Å²) in [4.78, 5) is 19.4. The van der Waals surface area contributed by atoms with E-state index >= 15 is 0 Å². The van der Waals surface area contributed by atoms with Crippen molar-refractivity contribution < 1.29 is 4.92 Å². The van der Waals surface area contributed by atoms with Gasteiger partial charge in [-0.05, 0) is 18.2 Å². The number of halogens is 1. The van der Waals surface area contributed by atoms with Gasteiger partial charge in [-0.15, -0.1) is 11.3 Å². The molecular formula is C21H11ClN4O2S. The average molecular weight is 419 g/mol. The Morgan fingerprint density at radius 2 is 2.00 bits per heavy atom. The van der Waals surface area contributed by atoms with Gasteiger partial charge in [-0.2, -0.15) is 5.26 Å². The maximum Gasteiger partial charge on any atom is 0.270 e. The van der Waals surface area contributed by atoms with Crippen LogP contribution in [-0.2, 0) is 0 Å². The second-order valence-corrected chi connectivity index (χ2v) is 7.29. The van der Waals surface area contributed by atoms with Gasteiger partial charge in [0.1, 0.15) is 16.2 Å². The normalized spacial score (nSPS) is 11.4. The number of rotatable bonds is 4. The summed E-state index contributed by atoms with van der Waals surface area (Å²) in [5.74, 6) is 0. The van der Waals surface area contributed by atoms with Crippen LogP contribution >= 0.6 is 22.9 Å². The fourth-order valence-electron chi connectivity index (χ4n) is 2.82. The summed E-state index contributed by atoms with van der Waals surface area (Å²) in [6, 6.07) is 17.8. The first kappa shape index (κ1) is 18.7. The summed E-state index contributed by atoms with van der Waals surface area (Å²) in [6.45, 7) is 0. The van der Waals surface area contributed by atoms with Gasteiger partial charge < -0.3 is 0 Å². The van der Waals surface area contributed by atoms with Gasteiger partial charge in [0.25, 0.3) is 5.69 Å². The average Bonchev–Trinajstić information content (AvgIpc) is 3.22. The van der Waals surface area contributed by atoms with Crippen molar-refractivity contribution in [3.8, 4) is 17.3 Å². The number of nitro benzene ring substituents is 1. The topological polar surface area (TPSA) is 92.7 Å². The molecule has 0 radical (unpaired) electrons. The molecule has 6 nitrogen and oxygen atoms in total. The summed E-state index contributed by atoms with van der Waals surface area (Å²) in [5.41, 5.74) is 2.90. The van der Waals surface area contributed by atoms with Crippen LogP contribution in [0, 0.1) is 21.4 Å². The lowest BCUT2D eigenvalue weighted by Crippen LogP contribution is -1.89. The standard InChI is InChI=1S/C21H11ClN4O2S/c22-20-15(8-13-4-1-2-7-18(13)24-20)9-16(11-23)21-25-19(12-29-21)14-5-3-6-17(10-14)26(27)28/h1-10,12H/b16-9+. The number of nitriles is 1. The highest BCUT2D eigenvalue weighted by Gasteiger charge is 2.13. The van der Waals surface area contributed by atoms with Gasteiger partial charge in [-0.3, -0.25) is 10.1 Å². The maximum atomic E-state index is 11.0. The molecule has 0 aliphatic carbocycles. The van der Waals surface area contributed by atoms with E-state index in [9.17, 15) is 15.4 Å². The van der Waals surface area contributed by atoms with Crippen molar-refractivity contribution in [2.75, 3.05) is 0 Å². The molecule has 2 aromatic heterocycles. The van der Waals surface area contributed by atoms with Crippen LogP contribution in [0.15, 0.2) is 60.0 Å². The van der Waals surface area contributed by atoms with E-state index < -0.39 is 4.92 Å². The van der Waals surface area contributed by atoms with Crippen molar-refractivity contribution in [1.82, 2.24) is 9.97 Å². The molecule has 0 aliphatic rings. The Morgan fingerprint density at radius 3 is 2.79 bits per heavy atom. The SMILES string of the molecule is N#C/C(=C\c1cc2ccccc2nc1Cl)c1nc(-c2cccc([N+](=O)[O-])c2)cs1. The zero-order valence-corrected chi connectivity index (χ0v) is 16.3. The number of aromatic nitrogens is 2. The molecule has 2 aromatic carbocycles. The van der Waals surface area contributed by atoms with E-state index in [-0.39, 0.29) is 5.69 Å². The van der Waals surface area contributed by atoms with Crippen LogP contribution in [-0.4, -0.2) is 14.9 Å². The zero-order valence-electron chi connectivity index (χ0n) is 14.7. The fourth-order valence-corrected chi connectivity index (χ4v) is 3.81. The number of thiazole rings is 1. The number of para-hydroxylation sites is 1. The van der Waals surface area contributed by atoms with Gasteiger partial charge in [0, 0.05) is 34.0 Å². The van der Waals surface area contributed by atoms with Gasteiger partial charge in [0.2, 0.25) is 0 Å². The van der Waals surface area contributed by atoms with Gasteiger partial charge >= 0.3 is 0 Å². The molecule has 2 heterocycles. The molecule has 0 atom stereocenters. The minimum Gasteiger partial charge on any atom is -0.258 e. The number of nitro groups is 1. The molecule has 0 spiro atoms. The van der Waals surface area contributed by atoms with Crippen molar-refractivity contribution in [3.63, 3.8) is 0 Å². The highest BCUT2D eigenvalue weighted by Crippen LogP contribution is 2.30. The van der Waals surface area contributed by atoms with Crippen LogP contribution in [0.2, 0.25) is 5.15 Å². The van der Waals surface area contributed by atoms with Crippen LogP contribution in [0.4, 0.5) is 5.69 Å². The van der Waals surface area contributed by atoms with Gasteiger partial charge in [0.15, 0.2) is 0 Å². The van der Waals surface area contributed by atoms with E-state index in [1.807, 2.05) is 30.3 Å². The Bertz CT molecular complexity index is 1320. The number of benzene rings is 2. The van der Waals surface area contributed by atoms with Gasteiger partial charge in [-0.1, -0.05) is 41.9 Å². The summed E-state index contributed by atoms with van der Waals surface area (Å²) in [5, 5.41) is 24.1. The first-order valence-corrected chi connectivity index (χ1v) is 9.69. The molecule has 0 saturated carbocycles. The van der Waals surface area contributed by atoms with Crippen molar-refractivity contribution >= 4 is 51.2 Å². The number of hydrogen-bond acceptors (Lipinski definition) is 6. The summed E-state index contributed by atoms with van der Waals surface area (Å²) in [6.07, 6.45) is 1.65. The lowest BCUT2D eigenvalue weighted by molar-refractivity contribution is -0.384. The van der Waals surface area contributed by atoms with Crippen molar-refractivity contribution in [2.24, 2.45) is 0 Å². The lowest BCUT2D eigenvalue weighted by atomic mass is 10.1. The molecule has 0 fully saturated rings. The molecule has 0 N–H and O–H groups in total. The highest BCUT2D eigenvalue weighted by molar-refractivity contribution is 7.11. The quantitative estimate of drug-likeness (QED) is 0.176. The molecule has 0 aliphatic heterocycles. The van der Waals surface area contributed by atoms with E-state index in [0.717, 1.165) is 10.9 Å². The Labute approximate surface area is 174 Å². The molecule has 29 heavy (non-hydrogen) atoms. The van der Waals surface area contributed by atoms with Crippen molar-refractivity contribution in [1.29, 1.82) is 5.26 Å². The monoisotopic (exact) mass is 418 g/mol. The van der Waals surface area contributed by atoms with Crippen LogP contribution in [0.1, 0.15) is 10.6 Å². The molecule has 4 rings (SSSR count). The van der Waals surface area contributed by atoms with Crippen LogP contribution in [0.25, 0.3) is 33.8 Å². The second kappa shape index (κ2) is 7.80. The largest absolute Gasteiger partial charge is 0.270 e. The molecule has 0 unspecified atom stereocenters. The third kappa shape index (κ3) is 3.85. The first-order chi connectivity index (χ1) is 14.0. The van der Waals surface area contributed by atoms with E-state index in [0.29, 0.717) is 32.6 Å². The maximum absolute atomic E-state index is 11.0. The minimum absolute atomic E-state index is 0.0119. The van der Waals surface area contributed by atoms with Crippen molar-refractivity contribution in [3.05, 3.63) is 85.8 Å². The Kier molecular flexibility index (Phi) is 5.04. The number of non-ortho nitro benzene ring substituents is 1. The smallest absolute Gasteiger partial charge is 0.258 e. The van der Waals surface area contributed by atoms with Gasteiger partial charge in [-0.25, -0.2) is 9.97 Å². The Hall–Kier alpha value is -3.60. The number of fused-ring (bicyclic) bond motifs is 1.